The van der Waals surface area contributed by atoms with Gasteiger partial charge >= 0.3 is 0 Å². The third-order valence-corrected chi connectivity index (χ3v) is 4.64. The van der Waals surface area contributed by atoms with Gasteiger partial charge in [-0.1, -0.05) is 25.5 Å². The van der Waals surface area contributed by atoms with Crippen molar-refractivity contribution in [1.82, 2.24) is 5.32 Å². The summed E-state index contributed by atoms with van der Waals surface area (Å²) in [6.07, 6.45) is 4.20. The van der Waals surface area contributed by atoms with Crippen molar-refractivity contribution in [2.75, 3.05) is 13.1 Å². The van der Waals surface area contributed by atoms with Gasteiger partial charge < -0.3 is 15.5 Å². The van der Waals surface area contributed by atoms with E-state index >= 15 is 0 Å². The molecule has 1 aromatic rings. The standard InChI is InChI=1S/C17H26FNO2/c1-2-13-6-8-17(21,9-7-13)12-19-11-16(20)14-4-3-5-15(18)10-14/h3-5,10,13,16,19-21H,2,6-9,11-12H2,1H3. The molecule has 1 aromatic carbocycles. The molecule has 3 nitrogen and oxygen atoms in total. The summed E-state index contributed by atoms with van der Waals surface area (Å²) in [5.41, 5.74) is -0.1000. The molecule has 4 heteroatoms. The second-order valence-corrected chi connectivity index (χ2v) is 6.28. The van der Waals surface area contributed by atoms with Gasteiger partial charge in [-0.05, 0) is 49.3 Å². The highest BCUT2D eigenvalue weighted by atomic mass is 19.1. The minimum atomic E-state index is -0.753. The van der Waals surface area contributed by atoms with Crippen LogP contribution in [0.4, 0.5) is 4.39 Å². The fourth-order valence-electron chi connectivity index (χ4n) is 3.07. The molecule has 0 saturated heterocycles. The summed E-state index contributed by atoms with van der Waals surface area (Å²) in [4.78, 5) is 0. The average molecular weight is 295 g/mol. The predicted octanol–water partition coefficient (Wildman–Crippen LogP) is 2.78. The first-order valence-corrected chi connectivity index (χ1v) is 7.89. The van der Waals surface area contributed by atoms with Crippen molar-refractivity contribution in [2.45, 2.75) is 50.7 Å². The lowest BCUT2D eigenvalue weighted by molar-refractivity contribution is -0.0105. The van der Waals surface area contributed by atoms with E-state index in [1.807, 2.05) is 0 Å². The van der Waals surface area contributed by atoms with Gasteiger partial charge in [0.25, 0.3) is 0 Å². The Morgan fingerprint density at radius 3 is 2.71 bits per heavy atom. The van der Waals surface area contributed by atoms with Crippen LogP contribution in [-0.2, 0) is 0 Å². The Bertz CT molecular complexity index is 444. The molecule has 3 N–H and O–H groups in total. The van der Waals surface area contributed by atoms with E-state index in [9.17, 15) is 14.6 Å². The fourth-order valence-corrected chi connectivity index (χ4v) is 3.07. The Balaban J connectivity index is 1.76. The normalized spacial score (nSPS) is 27.5. The molecule has 0 bridgehead atoms. The van der Waals surface area contributed by atoms with Crippen molar-refractivity contribution < 1.29 is 14.6 Å². The lowest BCUT2D eigenvalue weighted by Crippen LogP contribution is -2.44. The van der Waals surface area contributed by atoms with Crippen molar-refractivity contribution in [1.29, 1.82) is 0 Å². The zero-order chi connectivity index (χ0) is 15.3. The van der Waals surface area contributed by atoms with Crippen LogP contribution in [0.3, 0.4) is 0 Å². The quantitative estimate of drug-likeness (QED) is 0.756. The number of halogens is 1. The molecule has 118 valence electrons. The molecule has 0 spiro atoms. The summed E-state index contributed by atoms with van der Waals surface area (Å²) in [7, 11) is 0. The Kier molecular flexibility index (Phi) is 5.73. The summed E-state index contributed by atoms with van der Waals surface area (Å²) >= 11 is 0. The maximum Gasteiger partial charge on any atom is 0.123 e. The highest BCUT2D eigenvalue weighted by molar-refractivity contribution is 5.18. The Morgan fingerprint density at radius 2 is 2.10 bits per heavy atom. The van der Waals surface area contributed by atoms with Crippen molar-refractivity contribution >= 4 is 0 Å². The molecule has 1 aliphatic carbocycles. The van der Waals surface area contributed by atoms with Gasteiger partial charge in [-0.25, -0.2) is 4.39 Å². The Labute approximate surface area is 126 Å². The molecular weight excluding hydrogens is 269 g/mol. The van der Waals surface area contributed by atoms with Gasteiger partial charge in [0.15, 0.2) is 0 Å². The van der Waals surface area contributed by atoms with Crippen LogP contribution < -0.4 is 5.32 Å². The number of aliphatic hydroxyl groups excluding tert-OH is 1. The van der Waals surface area contributed by atoms with Crippen molar-refractivity contribution in [3.8, 4) is 0 Å². The predicted molar refractivity (Wildman–Crippen MR) is 81.4 cm³/mol. The van der Waals surface area contributed by atoms with Crippen LogP contribution in [-0.4, -0.2) is 28.9 Å². The molecule has 1 atom stereocenters. The van der Waals surface area contributed by atoms with Crippen LogP contribution >= 0.6 is 0 Å². The molecule has 1 aliphatic rings. The molecular formula is C17H26FNO2. The van der Waals surface area contributed by atoms with E-state index in [2.05, 4.69) is 12.2 Å². The maximum atomic E-state index is 13.1. The molecule has 2 rings (SSSR count). The zero-order valence-electron chi connectivity index (χ0n) is 12.7. The fraction of sp³-hybridized carbons (Fsp3) is 0.647. The Morgan fingerprint density at radius 1 is 1.38 bits per heavy atom. The summed E-state index contributed by atoms with van der Waals surface area (Å²) in [5, 5.41) is 23.7. The van der Waals surface area contributed by atoms with Crippen LogP contribution in [0.2, 0.25) is 0 Å². The SMILES string of the molecule is CCC1CCC(O)(CNCC(O)c2cccc(F)c2)CC1. The molecule has 21 heavy (non-hydrogen) atoms. The van der Waals surface area contributed by atoms with Gasteiger partial charge in [0.2, 0.25) is 0 Å². The second kappa shape index (κ2) is 7.34. The highest BCUT2D eigenvalue weighted by Gasteiger charge is 2.32. The summed E-state index contributed by atoms with van der Waals surface area (Å²) in [5.74, 6) is 0.395. The van der Waals surface area contributed by atoms with E-state index in [0.717, 1.165) is 31.6 Å². The number of hydrogen-bond acceptors (Lipinski definition) is 3. The molecule has 0 aromatic heterocycles. The third-order valence-electron chi connectivity index (χ3n) is 4.64. The van der Waals surface area contributed by atoms with E-state index in [0.29, 0.717) is 18.7 Å². The number of hydrogen-bond donors (Lipinski definition) is 3. The van der Waals surface area contributed by atoms with Gasteiger partial charge in [-0.2, -0.15) is 0 Å². The molecule has 1 fully saturated rings. The first kappa shape index (κ1) is 16.4. The minimum Gasteiger partial charge on any atom is -0.389 e. The van der Waals surface area contributed by atoms with Crippen LogP contribution in [0.15, 0.2) is 24.3 Å². The number of rotatable bonds is 6. The van der Waals surface area contributed by atoms with Crippen LogP contribution in [0, 0.1) is 11.7 Å². The van der Waals surface area contributed by atoms with E-state index in [1.54, 1.807) is 12.1 Å². The van der Waals surface area contributed by atoms with Crippen LogP contribution in [0.25, 0.3) is 0 Å². The second-order valence-electron chi connectivity index (χ2n) is 6.28. The van der Waals surface area contributed by atoms with Gasteiger partial charge in [-0.15, -0.1) is 0 Å². The minimum absolute atomic E-state index is 0.322. The molecule has 0 radical (unpaired) electrons. The maximum absolute atomic E-state index is 13.1. The van der Waals surface area contributed by atoms with Gasteiger partial charge in [-0.3, -0.25) is 0 Å². The molecule has 0 heterocycles. The van der Waals surface area contributed by atoms with E-state index in [1.165, 1.54) is 18.6 Å². The first-order valence-electron chi connectivity index (χ1n) is 7.89. The monoisotopic (exact) mass is 295 g/mol. The molecule has 0 aliphatic heterocycles. The molecule has 1 saturated carbocycles. The van der Waals surface area contributed by atoms with Crippen LogP contribution in [0.5, 0.6) is 0 Å². The van der Waals surface area contributed by atoms with E-state index in [4.69, 9.17) is 0 Å². The topological polar surface area (TPSA) is 52.5 Å². The number of nitrogens with one attached hydrogen (secondary N) is 1. The lowest BCUT2D eigenvalue weighted by Gasteiger charge is -2.36. The third kappa shape index (κ3) is 4.77. The van der Waals surface area contributed by atoms with Gasteiger partial charge in [0.05, 0.1) is 11.7 Å². The summed E-state index contributed by atoms with van der Waals surface area (Å²) in [6, 6.07) is 6.00. The van der Waals surface area contributed by atoms with Gasteiger partial charge in [0.1, 0.15) is 5.82 Å². The molecule has 1 unspecified atom stereocenters. The zero-order valence-corrected chi connectivity index (χ0v) is 12.7. The number of aliphatic hydroxyl groups is 2. The summed E-state index contributed by atoms with van der Waals surface area (Å²) in [6.45, 7) is 3.00. The van der Waals surface area contributed by atoms with Crippen LogP contribution in [0.1, 0.15) is 50.7 Å². The first-order chi connectivity index (χ1) is 10.0. The highest BCUT2D eigenvalue weighted by Crippen LogP contribution is 2.33. The van der Waals surface area contributed by atoms with Gasteiger partial charge in [0, 0.05) is 13.1 Å². The molecule has 0 amide bonds. The number of benzene rings is 1. The van der Waals surface area contributed by atoms with Crippen molar-refractivity contribution in [3.05, 3.63) is 35.6 Å². The Hall–Kier alpha value is -0.970. The van der Waals surface area contributed by atoms with E-state index < -0.39 is 11.7 Å². The largest absolute Gasteiger partial charge is 0.389 e. The van der Waals surface area contributed by atoms with Crippen molar-refractivity contribution in [3.63, 3.8) is 0 Å². The van der Waals surface area contributed by atoms with E-state index in [-0.39, 0.29) is 5.82 Å². The lowest BCUT2D eigenvalue weighted by atomic mass is 9.78. The average Bonchev–Trinajstić information content (AvgIpc) is 2.48. The smallest absolute Gasteiger partial charge is 0.123 e. The summed E-state index contributed by atoms with van der Waals surface area (Å²) < 4.78 is 13.1. The van der Waals surface area contributed by atoms with Crippen molar-refractivity contribution in [2.24, 2.45) is 5.92 Å².